The Balaban J connectivity index is 1.60. The fourth-order valence-electron chi connectivity index (χ4n) is 2.56. The first kappa shape index (κ1) is 20.8. The van der Waals surface area contributed by atoms with Gasteiger partial charge >= 0.3 is 0 Å². The number of hydrogen-bond donors (Lipinski definition) is 1. The van der Waals surface area contributed by atoms with Crippen LogP contribution in [0.2, 0.25) is 0 Å². The number of rotatable bonds is 8. The van der Waals surface area contributed by atoms with Crippen LogP contribution in [0.1, 0.15) is 17.5 Å². The molecular weight excluding hydrogens is 402 g/mol. The monoisotopic (exact) mass is 423 g/mol. The minimum absolute atomic E-state index is 0.0580. The van der Waals surface area contributed by atoms with E-state index in [2.05, 4.69) is 21.6 Å². The largest absolute Gasteiger partial charge is 0.330 e. The summed E-state index contributed by atoms with van der Waals surface area (Å²) in [5.74, 6) is 0.177. The predicted molar refractivity (Wildman–Crippen MR) is 119 cm³/mol. The van der Waals surface area contributed by atoms with Gasteiger partial charge in [-0.3, -0.25) is 4.79 Å². The molecule has 6 nitrogen and oxygen atoms in total. The van der Waals surface area contributed by atoms with E-state index in [0.717, 1.165) is 21.3 Å². The molecule has 0 bridgehead atoms. The fourth-order valence-corrected chi connectivity index (χ4v) is 4.21. The van der Waals surface area contributed by atoms with Crippen molar-refractivity contribution in [1.82, 2.24) is 10.2 Å². The van der Waals surface area contributed by atoms with Gasteiger partial charge in [0.25, 0.3) is 0 Å². The first-order valence-electron chi connectivity index (χ1n) is 9.09. The van der Waals surface area contributed by atoms with Gasteiger partial charge in [0.05, 0.1) is 18.2 Å². The second-order valence-corrected chi connectivity index (χ2v) is 8.64. The Hall–Kier alpha value is -2.89. The zero-order valence-corrected chi connectivity index (χ0v) is 17.9. The molecule has 3 rings (SSSR count). The number of anilines is 3. The summed E-state index contributed by atoms with van der Waals surface area (Å²) < 4.78 is 0.720. The van der Waals surface area contributed by atoms with E-state index in [0.29, 0.717) is 11.7 Å². The average molecular weight is 424 g/mol. The van der Waals surface area contributed by atoms with Gasteiger partial charge in [0.2, 0.25) is 11.0 Å². The van der Waals surface area contributed by atoms with Crippen molar-refractivity contribution in [3.63, 3.8) is 0 Å². The topological polar surface area (TPSA) is 81.9 Å². The van der Waals surface area contributed by atoms with E-state index in [9.17, 15) is 4.79 Å². The van der Waals surface area contributed by atoms with Gasteiger partial charge in [0, 0.05) is 17.9 Å². The molecule has 0 aliphatic heterocycles. The molecule has 1 heterocycles. The van der Waals surface area contributed by atoms with E-state index in [1.54, 1.807) is 4.90 Å². The number of carbonyl (C=O) groups is 1. The smallest absolute Gasteiger partial charge is 0.237 e. The van der Waals surface area contributed by atoms with Gasteiger partial charge in [-0.2, -0.15) is 5.26 Å². The summed E-state index contributed by atoms with van der Waals surface area (Å²) in [6, 6.07) is 17.9. The predicted octanol–water partition coefficient (Wildman–Crippen LogP) is 4.94. The highest BCUT2D eigenvalue weighted by Gasteiger charge is 2.17. The lowest BCUT2D eigenvalue weighted by molar-refractivity contribution is -0.116. The molecule has 2 aromatic carbocycles. The van der Waals surface area contributed by atoms with Gasteiger partial charge < -0.3 is 10.2 Å². The fraction of sp³-hybridized carbons (Fsp3) is 0.238. The molecule has 0 saturated heterocycles. The summed E-state index contributed by atoms with van der Waals surface area (Å²) in [7, 11) is 0. The van der Waals surface area contributed by atoms with Gasteiger partial charge in [-0.25, -0.2) is 0 Å². The molecule has 0 unspecified atom stereocenters. The van der Waals surface area contributed by atoms with Gasteiger partial charge in [0.15, 0.2) is 4.34 Å². The minimum atomic E-state index is -0.0580. The van der Waals surface area contributed by atoms with Crippen LogP contribution in [0.4, 0.5) is 16.5 Å². The Morgan fingerprint density at radius 1 is 1.10 bits per heavy atom. The van der Waals surface area contributed by atoms with Crippen LogP contribution < -0.4 is 10.2 Å². The zero-order valence-electron chi connectivity index (χ0n) is 16.3. The third-order valence-corrected chi connectivity index (χ3v) is 6.08. The van der Waals surface area contributed by atoms with Gasteiger partial charge in [-0.05, 0) is 38.1 Å². The van der Waals surface area contributed by atoms with Crippen molar-refractivity contribution in [3.8, 4) is 6.07 Å². The van der Waals surface area contributed by atoms with E-state index in [1.165, 1.54) is 28.7 Å². The maximum atomic E-state index is 12.8. The molecule has 0 aliphatic carbocycles. The van der Waals surface area contributed by atoms with Crippen molar-refractivity contribution in [2.24, 2.45) is 0 Å². The van der Waals surface area contributed by atoms with Crippen LogP contribution in [-0.4, -0.2) is 28.4 Å². The van der Waals surface area contributed by atoms with E-state index in [4.69, 9.17) is 5.26 Å². The number of nitrogens with zero attached hydrogens (tertiary/aromatic N) is 4. The Morgan fingerprint density at radius 3 is 2.41 bits per heavy atom. The van der Waals surface area contributed by atoms with Crippen molar-refractivity contribution in [1.29, 1.82) is 5.26 Å². The van der Waals surface area contributed by atoms with Gasteiger partial charge in [-0.15, -0.1) is 10.2 Å². The first-order chi connectivity index (χ1) is 14.0. The van der Waals surface area contributed by atoms with Crippen molar-refractivity contribution < 1.29 is 4.79 Å². The van der Waals surface area contributed by atoms with Crippen molar-refractivity contribution in [3.05, 3.63) is 59.7 Å². The number of amides is 1. The molecule has 0 spiro atoms. The van der Waals surface area contributed by atoms with Crippen molar-refractivity contribution in [2.75, 3.05) is 22.5 Å². The molecule has 1 aromatic heterocycles. The lowest BCUT2D eigenvalue weighted by Gasteiger charge is -2.21. The second kappa shape index (κ2) is 10.0. The van der Waals surface area contributed by atoms with Crippen LogP contribution in [0.25, 0.3) is 0 Å². The molecular formula is C21H21N5OS2. The van der Waals surface area contributed by atoms with Crippen LogP contribution in [-0.2, 0) is 4.79 Å². The normalized spacial score (nSPS) is 10.4. The number of thioether (sulfide) groups is 1. The quantitative estimate of drug-likeness (QED) is 0.517. The molecule has 0 atom stereocenters. The van der Waals surface area contributed by atoms with E-state index in [1.807, 2.05) is 62.4 Å². The second-order valence-electron chi connectivity index (χ2n) is 6.44. The molecule has 3 aromatic rings. The van der Waals surface area contributed by atoms with E-state index < -0.39 is 0 Å². The Morgan fingerprint density at radius 2 is 1.76 bits per heavy atom. The molecule has 1 amide bonds. The third kappa shape index (κ3) is 6.04. The number of hydrogen-bond acceptors (Lipinski definition) is 7. The maximum Gasteiger partial charge on any atom is 0.237 e. The average Bonchev–Trinajstić information content (AvgIpc) is 3.17. The first-order valence-corrected chi connectivity index (χ1v) is 10.9. The number of carbonyl (C=O) groups excluding carboxylic acids is 1. The number of aryl methyl sites for hydroxylation is 2. The standard InChI is InChI=1S/C21H21N5OS2/c1-15-4-8-17(9-5-15)23-20-24-25-21(29-20)28-14-19(27)26(13-3-12-22)18-10-6-16(2)7-11-18/h4-11H,3,13-14H2,1-2H3,(H,23,24). The minimum Gasteiger partial charge on any atom is -0.330 e. The summed E-state index contributed by atoms with van der Waals surface area (Å²) in [6.45, 7) is 4.41. The Labute approximate surface area is 178 Å². The molecule has 148 valence electrons. The number of benzene rings is 2. The summed E-state index contributed by atoms with van der Waals surface area (Å²) in [5.41, 5.74) is 4.06. The summed E-state index contributed by atoms with van der Waals surface area (Å²) >= 11 is 2.76. The van der Waals surface area contributed by atoms with E-state index >= 15 is 0 Å². The molecule has 1 N–H and O–H groups in total. The van der Waals surface area contributed by atoms with Crippen LogP contribution in [0.3, 0.4) is 0 Å². The van der Waals surface area contributed by atoms with Crippen LogP contribution >= 0.6 is 23.1 Å². The molecule has 0 aliphatic rings. The van der Waals surface area contributed by atoms with Crippen molar-refractivity contribution in [2.45, 2.75) is 24.6 Å². The zero-order chi connectivity index (χ0) is 20.6. The van der Waals surface area contributed by atoms with Crippen LogP contribution in [0.5, 0.6) is 0 Å². The molecule has 0 radical (unpaired) electrons. The summed E-state index contributed by atoms with van der Waals surface area (Å²) in [6.07, 6.45) is 0.285. The lowest BCUT2D eigenvalue weighted by atomic mass is 10.2. The SMILES string of the molecule is Cc1ccc(Nc2nnc(SCC(=O)N(CCC#N)c3ccc(C)cc3)s2)cc1. The lowest BCUT2D eigenvalue weighted by Crippen LogP contribution is -2.33. The van der Waals surface area contributed by atoms with Crippen molar-refractivity contribution >= 4 is 45.5 Å². The number of aromatic nitrogens is 2. The Bertz CT molecular complexity index is 993. The van der Waals surface area contributed by atoms with Gasteiger partial charge in [-0.1, -0.05) is 58.5 Å². The highest BCUT2D eigenvalue weighted by Crippen LogP contribution is 2.28. The van der Waals surface area contributed by atoms with Gasteiger partial charge in [0.1, 0.15) is 0 Å². The molecule has 8 heteroatoms. The highest BCUT2D eigenvalue weighted by molar-refractivity contribution is 8.01. The van der Waals surface area contributed by atoms with E-state index in [-0.39, 0.29) is 18.1 Å². The van der Waals surface area contributed by atoms with Crippen LogP contribution in [0, 0.1) is 25.2 Å². The maximum absolute atomic E-state index is 12.8. The molecule has 0 saturated carbocycles. The molecule has 29 heavy (non-hydrogen) atoms. The number of nitriles is 1. The third-order valence-electron chi connectivity index (χ3n) is 4.12. The summed E-state index contributed by atoms with van der Waals surface area (Å²) in [4.78, 5) is 14.4. The summed E-state index contributed by atoms with van der Waals surface area (Å²) in [5, 5.41) is 21.1. The number of nitrogens with one attached hydrogen (secondary N) is 1. The Kier molecular flexibility index (Phi) is 7.22. The highest BCUT2D eigenvalue weighted by atomic mass is 32.2. The molecule has 0 fully saturated rings. The van der Waals surface area contributed by atoms with Crippen LogP contribution in [0.15, 0.2) is 52.9 Å².